The molecule has 8 heteroatoms. The van der Waals surface area contributed by atoms with Crippen LogP contribution < -0.4 is 4.74 Å². The minimum absolute atomic E-state index is 0.0537. The van der Waals surface area contributed by atoms with E-state index in [4.69, 9.17) is 19.0 Å². The third-order valence-electron chi connectivity index (χ3n) is 4.64. The SMILES string of the molecule is COc1ccccc1[C@H]1SSC(C)(C)[C@H]1OP(OCCC#N)N(C(C)C)C(C)C. The molecule has 1 aromatic carbocycles. The molecule has 0 saturated carbocycles. The molecule has 162 valence electrons. The molecule has 1 heterocycles. The number of benzene rings is 1. The Hall–Kier alpha value is -0.480. The van der Waals surface area contributed by atoms with Crippen molar-refractivity contribution in [3.05, 3.63) is 29.8 Å². The minimum atomic E-state index is -1.30. The lowest BCUT2D eigenvalue weighted by Gasteiger charge is -2.39. The van der Waals surface area contributed by atoms with E-state index in [2.05, 4.69) is 58.3 Å². The van der Waals surface area contributed by atoms with E-state index in [0.717, 1.165) is 11.3 Å². The smallest absolute Gasteiger partial charge is 0.259 e. The summed E-state index contributed by atoms with van der Waals surface area (Å²) in [6.45, 7) is 13.5. The van der Waals surface area contributed by atoms with Crippen molar-refractivity contribution in [2.75, 3.05) is 13.7 Å². The Balaban J connectivity index is 2.35. The largest absolute Gasteiger partial charge is 0.496 e. The van der Waals surface area contributed by atoms with E-state index in [-0.39, 0.29) is 28.2 Å². The van der Waals surface area contributed by atoms with Crippen molar-refractivity contribution in [3.63, 3.8) is 0 Å². The molecule has 0 aromatic heterocycles. The quantitative estimate of drug-likeness (QED) is 0.224. The standard InChI is InChI=1S/C21H33N2O3PS2/c1-15(2)23(16(3)4)27(25-14-10-13-22)26-20-19(28-29-21(20,5)6)17-11-8-9-12-18(17)24-7/h8-9,11-12,15-16,19-20H,10,14H2,1-7H3/t19-,20+,27?/m1/s1. The van der Waals surface area contributed by atoms with Crippen molar-refractivity contribution < 1.29 is 13.8 Å². The fraction of sp³-hybridized carbons (Fsp3) is 0.667. The Morgan fingerprint density at radius 3 is 2.45 bits per heavy atom. The lowest BCUT2D eigenvalue weighted by molar-refractivity contribution is 0.114. The maximum absolute atomic E-state index is 8.95. The van der Waals surface area contributed by atoms with E-state index >= 15 is 0 Å². The molecule has 1 unspecified atom stereocenters. The molecule has 0 bridgehead atoms. The van der Waals surface area contributed by atoms with Gasteiger partial charge in [-0.05, 0) is 47.6 Å². The van der Waals surface area contributed by atoms with Crippen molar-refractivity contribution in [1.82, 2.24) is 4.67 Å². The maximum atomic E-state index is 8.95. The Kier molecular flexibility index (Phi) is 9.60. The number of nitrogens with zero attached hydrogens (tertiary/aromatic N) is 2. The highest BCUT2D eigenvalue weighted by molar-refractivity contribution is 8.77. The monoisotopic (exact) mass is 456 g/mol. The van der Waals surface area contributed by atoms with Crippen LogP contribution in [0.25, 0.3) is 0 Å². The van der Waals surface area contributed by atoms with Gasteiger partial charge in [-0.3, -0.25) is 0 Å². The van der Waals surface area contributed by atoms with Crippen molar-refractivity contribution in [2.45, 2.75) is 76.1 Å². The first-order valence-electron chi connectivity index (χ1n) is 9.95. The third-order valence-corrected chi connectivity index (χ3v) is 10.4. The van der Waals surface area contributed by atoms with Gasteiger partial charge in [-0.15, -0.1) is 0 Å². The Morgan fingerprint density at radius 1 is 1.21 bits per heavy atom. The zero-order valence-electron chi connectivity index (χ0n) is 18.4. The Labute approximate surface area is 185 Å². The number of rotatable bonds is 10. The van der Waals surface area contributed by atoms with Gasteiger partial charge >= 0.3 is 0 Å². The van der Waals surface area contributed by atoms with E-state index in [1.54, 1.807) is 7.11 Å². The normalized spacial score (nSPS) is 22.2. The molecule has 1 fully saturated rings. The van der Waals surface area contributed by atoms with E-state index in [1.165, 1.54) is 0 Å². The number of nitriles is 1. The van der Waals surface area contributed by atoms with Gasteiger partial charge < -0.3 is 13.8 Å². The zero-order valence-corrected chi connectivity index (χ0v) is 20.9. The van der Waals surface area contributed by atoms with Crippen LogP contribution in [0.2, 0.25) is 0 Å². The number of ether oxygens (including phenoxy) is 1. The van der Waals surface area contributed by atoms with Crippen LogP contribution in [-0.4, -0.2) is 41.3 Å². The molecular formula is C21H33N2O3PS2. The molecular weight excluding hydrogens is 423 g/mol. The molecule has 0 radical (unpaired) electrons. The summed E-state index contributed by atoms with van der Waals surface area (Å²) in [5.74, 6) is 0.885. The van der Waals surface area contributed by atoms with E-state index in [0.29, 0.717) is 13.0 Å². The van der Waals surface area contributed by atoms with Gasteiger partial charge in [0.25, 0.3) is 8.53 Å². The van der Waals surface area contributed by atoms with Crippen LogP contribution in [0, 0.1) is 11.3 Å². The van der Waals surface area contributed by atoms with Crippen LogP contribution in [0.15, 0.2) is 24.3 Å². The maximum Gasteiger partial charge on any atom is 0.259 e. The van der Waals surface area contributed by atoms with Gasteiger partial charge in [-0.25, -0.2) is 4.67 Å². The minimum Gasteiger partial charge on any atom is -0.496 e. The molecule has 0 N–H and O–H groups in total. The highest BCUT2D eigenvalue weighted by Gasteiger charge is 2.49. The van der Waals surface area contributed by atoms with Gasteiger partial charge in [-0.2, -0.15) is 5.26 Å². The molecule has 5 nitrogen and oxygen atoms in total. The number of hydrogen-bond donors (Lipinski definition) is 0. The van der Waals surface area contributed by atoms with Crippen LogP contribution in [0.5, 0.6) is 5.75 Å². The molecule has 0 spiro atoms. The highest BCUT2D eigenvalue weighted by atomic mass is 33.1. The van der Waals surface area contributed by atoms with E-state index < -0.39 is 8.53 Å². The topological polar surface area (TPSA) is 54.7 Å². The third kappa shape index (κ3) is 6.26. The molecule has 0 aliphatic carbocycles. The summed E-state index contributed by atoms with van der Waals surface area (Å²) in [4.78, 5) is 0. The summed E-state index contributed by atoms with van der Waals surface area (Å²) in [7, 11) is 4.10. The summed E-state index contributed by atoms with van der Waals surface area (Å²) in [6.07, 6.45) is 0.307. The summed E-state index contributed by atoms with van der Waals surface area (Å²) in [5.41, 5.74) is 1.15. The van der Waals surface area contributed by atoms with Gasteiger partial charge in [-0.1, -0.05) is 39.8 Å². The summed E-state index contributed by atoms with van der Waals surface area (Å²) >= 11 is 0. The molecule has 3 atom stereocenters. The van der Waals surface area contributed by atoms with Crippen LogP contribution in [0.3, 0.4) is 0 Å². The molecule has 2 rings (SSSR count). The summed E-state index contributed by atoms with van der Waals surface area (Å²) in [6, 6.07) is 10.9. The van der Waals surface area contributed by atoms with Crippen LogP contribution in [-0.2, 0) is 9.05 Å². The first-order chi connectivity index (χ1) is 13.7. The second kappa shape index (κ2) is 11.2. The fourth-order valence-electron chi connectivity index (χ4n) is 3.33. The van der Waals surface area contributed by atoms with Gasteiger partial charge in [0.15, 0.2) is 0 Å². The van der Waals surface area contributed by atoms with E-state index in [9.17, 15) is 0 Å². The van der Waals surface area contributed by atoms with Crippen LogP contribution in [0.4, 0.5) is 0 Å². The lowest BCUT2D eigenvalue weighted by Crippen LogP contribution is -2.39. The zero-order chi connectivity index (χ0) is 21.6. The first kappa shape index (κ1) is 24.8. The van der Waals surface area contributed by atoms with Gasteiger partial charge in [0.05, 0.1) is 37.6 Å². The van der Waals surface area contributed by atoms with Crippen LogP contribution >= 0.6 is 30.1 Å². The Bertz CT molecular complexity index is 689. The molecule has 1 aromatic rings. The average Bonchev–Trinajstić information content (AvgIpc) is 2.95. The molecule has 0 amide bonds. The average molecular weight is 457 g/mol. The highest BCUT2D eigenvalue weighted by Crippen LogP contribution is 2.63. The number of hydrogen-bond acceptors (Lipinski definition) is 7. The molecule has 1 aliphatic heterocycles. The predicted octanol–water partition coefficient (Wildman–Crippen LogP) is 6.57. The van der Waals surface area contributed by atoms with Gasteiger partial charge in [0.1, 0.15) is 5.75 Å². The van der Waals surface area contributed by atoms with Gasteiger partial charge in [0.2, 0.25) is 0 Å². The van der Waals surface area contributed by atoms with Crippen molar-refractivity contribution in [3.8, 4) is 11.8 Å². The van der Waals surface area contributed by atoms with Crippen molar-refractivity contribution in [2.24, 2.45) is 0 Å². The van der Waals surface area contributed by atoms with E-state index in [1.807, 2.05) is 39.8 Å². The van der Waals surface area contributed by atoms with Gasteiger partial charge in [0, 0.05) is 22.4 Å². The molecule has 1 saturated heterocycles. The first-order valence-corrected chi connectivity index (χ1v) is 13.3. The Morgan fingerprint density at radius 2 is 1.86 bits per heavy atom. The second-order valence-electron chi connectivity index (χ2n) is 8.02. The second-order valence-corrected chi connectivity index (χ2v) is 12.4. The fourth-order valence-corrected chi connectivity index (χ4v) is 8.83. The van der Waals surface area contributed by atoms with Crippen molar-refractivity contribution >= 4 is 30.1 Å². The van der Waals surface area contributed by atoms with Crippen LogP contribution in [0.1, 0.15) is 58.8 Å². The predicted molar refractivity (Wildman–Crippen MR) is 125 cm³/mol. The lowest BCUT2D eigenvalue weighted by atomic mass is 9.97. The summed E-state index contributed by atoms with van der Waals surface area (Å²) < 4.78 is 20.8. The molecule has 29 heavy (non-hydrogen) atoms. The van der Waals surface area contributed by atoms with Crippen molar-refractivity contribution in [1.29, 1.82) is 5.26 Å². The number of methoxy groups -OCH3 is 1. The molecule has 1 aliphatic rings. The summed E-state index contributed by atoms with van der Waals surface area (Å²) in [5, 5.41) is 9.09. The number of para-hydroxylation sites is 1.